The van der Waals surface area contributed by atoms with Gasteiger partial charge in [0.2, 0.25) is 5.91 Å². The molecule has 0 unspecified atom stereocenters. The zero-order valence-corrected chi connectivity index (χ0v) is 18.0. The SMILES string of the molecule is COc1ccc([C@@]2(C)NC(=O)N(CC(=O)Nc3cc(C)nn3-c3ccccc3)C2=O)cc1. The summed E-state index contributed by atoms with van der Waals surface area (Å²) in [6.07, 6.45) is 0. The van der Waals surface area contributed by atoms with Crippen LogP contribution in [0.4, 0.5) is 10.6 Å². The minimum absolute atomic E-state index is 0.421. The van der Waals surface area contributed by atoms with Gasteiger partial charge in [-0.25, -0.2) is 9.48 Å². The molecule has 4 amide bonds. The first-order chi connectivity index (χ1) is 15.3. The van der Waals surface area contributed by atoms with Gasteiger partial charge in [-0.05, 0) is 43.7 Å². The largest absolute Gasteiger partial charge is 0.497 e. The number of carbonyl (C=O) groups is 3. The van der Waals surface area contributed by atoms with Crippen LogP contribution in [0.25, 0.3) is 5.69 Å². The van der Waals surface area contributed by atoms with Gasteiger partial charge in [-0.3, -0.25) is 14.5 Å². The van der Waals surface area contributed by atoms with Gasteiger partial charge in [0.15, 0.2) is 0 Å². The van der Waals surface area contributed by atoms with Crippen molar-refractivity contribution in [1.82, 2.24) is 20.0 Å². The Morgan fingerprint density at radius 2 is 1.81 bits per heavy atom. The van der Waals surface area contributed by atoms with Crippen molar-refractivity contribution < 1.29 is 19.1 Å². The van der Waals surface area contributed by atoms with Crippen LogP contribution >= 0.6 is 0 Å². The van der Waals surface area contributed by atoms with Gasteiger partial charge in [-0.1, -0.05) is 30.3 Å². The summed E-state index contributed by atoms with van der Waals surface area (Å²) in [4.78, 5) is 39.3. The summed E-state index contributed by atoms with van der Waals surface area (Å²) in [5.74, 6) is 0.0690. The fraction of sp³-hybridized carbons (Fsp3) is 0.217. The fourth-order valence-electron chi connectivity index (χ4n) is 3.64. The van der Waals surface area contributed by atoms with Crippen molar-refractivity contribution in [3.05, 3.63) is 71.9 Å². The standard InChI is InChI=1S/C23H23N5O4/c1-15-13-19(28(26-15)17-7-5-4-6-8-17)24-20(29)14-27-21(30)23(2,25-22(27)31)16-9-11-18(32-3)12-10-16/h4-13H,14H2,1-3H3,(H,24,29)(H,25,31)/t23-/m1/s1. The molecule has 0 saturated carbocycles. The van der Waals surface area contributed by atoms with Gasteiger partial charge in [-0.2, -0.15) is 5.10 Å². The molecule has 9 nitrogen and oxygen atoms in total. The first-order valence-corrected chi connectivity index (χ1v) is 10.0. The van der Waals surface area contributed by atoms with Crippen LogP contribution in [-0.4, -0.2) is 46.2 Å². The maximum absolute atomic E-state index is 13.1. The van der Waals surface area contributed by atoms with Crippen LogP contribution in [0.2, 0.25) is 0 Å². The second-order valence-corrected chi connectivity index (χ2v) is 7.64. The number of aromatic nitrogens is 2. The van der Waals surface area contributed by atoms with E-state index in [4.69, 9.17) is 4.74 Å². The number of anilines is 1. The zero-order chi connectivity index (χ0) is 22.9. The van der Waals surface area contributed by atoms with Crippen molar-refractivity contribution in [2.45, 2.75) is 19.4 Å². The molecule has 1 aliphatic rings. The monoisotopic (exact) mass is 433 g/mol. The molecule has 32 heavy (non-hydrogen) atoms. The van der Waals surface area contributed by atoms with Crippen molar-refractivity contribution in [2.75, 3.05) is 19.0 Å². The Kier molecular flexibility index (Phi) is 5.40. The number of nitrogens with one attached hydrogen (secondary N) is 2. The van der Waals surface area contributed by atoms with Gasteiger partial charge in [0, 0.05) is 6.07 Å². The number of amides is 4. The summed E-state index contributed by atoms with van der Waals surface area (Å²) in [6.45, 7) is 3.00. The fourth-order valence-corrected chi connectivity index (χ4v) is 3.64. The lowest BCUT2D eigenvalue weighted by molar-refractivity contribution is -0.133. The number of nitrogens with zero attached hydrogens (tertiary/aromatic N) is 3. The molecular formula is C23H23N5O4. The minimum Gasteiger partial charge on any atom is -0.497 e. The smallest absolute Gasteiger partial charge is 0.325 e. The van der Waals surface area contributed by atoms with Crippen LogP contribution in [0.1, 0.15) is 18.2 Å². The summed E-state index contributed by atoms with van der Waals surface area (Å²) in [5, 5.41) is 9.85. The summed E-state index contributed by atoms with van der Waals surface area (Å²) >= 11 is 0. The maximum Gasteiger partial charge on any atom is 0.325 e. The van der Waals surface area contributed by atoms with Crippen LogP contribution in [0.5, 0.6) is 5.75 Å². The number of para-hydroxylation sites is 1. The summed E-state index contributed by atoms with van der Waals surface area (Å²) in [6, 6.07) is 17.3. The number of rotatable bonds is 6. The van der Waals surface area contributed by atoms with E-state index in [2.05, 4.69) is 15.7 Å². The molecule has 2 heterocycles. The van der Waals surface area contributed by atoms with Crippen LogP contribution in [0.15, 0.2) is 60.7 Å². The second-order valence-electron chi connectivity index (χ2n) is 7.64. The first kappa shape index (κ1) is 21.1. The number of imide groups is 1. The normalized spacial score (nSPS) is 17.9. The van der Waals surface area contributed by atoms with E-state index in [0.717, 1.165) is 10.6 Å². The van der Waals surface area contributed by atoms with E-state index < -0.39 is 29.9 Å². The van der Waals surface area contributed by atoms with Gasteiger partial charge in [0.1, 0.15) is 23.7 Å². The third-order valence-electron chi connectivity index (χ3n) is 5.34. The summed E-state index contributed by atoms with van der Waals surface area (Å²) in [7, 11) is 1.55. The van der Waals surface area contributed by atoms with E-state index in [1.54, 1.807) is 49.0 Å². The molecule has 164 valence electrons. The lowest BCUT2D eigenvalue weighted by atomic mass is 9.92. The molecule has 9 heteroatoms. The van der Waals surface area contributed by atoms with E-state index in [0.29, 0.717) is 22.8 Å². The van der Waals surface area contributed by atoms with Crippen molar-refractivity contribution >= 4 is 23.7 Å². The second kappa shape index (κ2) is 8.18. The molecule has 1 atom stereocenters. The number of aryl methyl sites for hydroxylation is 1. The zero-order valence-electron chi connectivity index (χ0n) is 18.0. The molecule has 0 aliphatic carbocycles. The Balaban J connectivity index is 1.51. The number of urea groups is 1. The van der Waals surface area contributed by atoms with E-state index in [1.807, 2.05) is 37.3 Å². The molecule has 0 radical (unpaired) electrons. The van der Waals surface area contributed by atoms with Crippen LogP contribution in [0, 0.1) is 6.92 Å². The number of hydrogen-bond acceptors (Lipinski definition) is 5. The highest BCUT2D eigenvalue weighted by atomic mass is 16.5. The Bertz CT molecular complexity index is 1170. The molecule has 1 aromatic heterocycles. The Morgan fingerprint density at radius 1 is 1.12 bits per heavy atom. The van der Waals surface area contributed by atoms with Crippen molar-refractivity contribution in [3.63, 3.8) is 0 Å². The average Bonchev–Trinajstić information content (AvgIpc) is 3.26. The number of carbonyl (C=O) groups excluding carboxylic acids is 3. The highest BCUT2D eigenvalue weighted by molar-refractivity contribution is 6.10. The quantitative estimate of drug-likeness (QED) is 0.582. The molecule has 2 N–H and O–H groups in total. The van der Waals surface area contributed by atoms with Crippen molar-refractivity contribution in [2.24, 2.45) is 0 Å². The third-order valence-corrected chi connectivity index (χ3v) is 5.34. The van der Waals surface area contributed by atoms with Crippen molar-refractivity contribution in [1.29, 1.82) is 0 Å². The number of ether oxygens (including phenoxy) is 1. The molecule has 0 spiro atoms. The average molecular weight is 433 g/mol. The molecule has 4 rings (SSSR count). The molecule has 0 bridgehead atoms. The van der Waals surface area contributed by atoms with Gasteiger partial charge >= 0.3 is 6.03 Å². The molecular weight excluding hydrogens is 410 g/mol. The third kappa shape index (κ3) is 3.80. The Morgan fingerprint density at radius 3 is 2.47 bits per heavy atom. The molecule has 1 saturated heterocycles. The number of hydrogen-bond donors (Lipinski definition) is 2. The van der Waals surface area contributed by atoms with Crippen LogP contribution in [-0.2, 0) is 15.1 Å². The highest BCUT2D eigenvalue weighted by Gasteiger charge is 2.49. The number of benzene rings is 2. The molecule has 2 aromatic carbocycles. The van der Waals surface area contributed by atoms with Gasteiger partial charge in [0.25, 0.3) is 5.91 Å². The Hall–Kier alpha value is -4.14. The predicted octanol–water partition coefficient (Wildman–Crippen LogP) is 2.60. The summed E-state index contributed by atoms with van der Waals surface area (Å²) < 4.78 is 6.74. The first-order valence-electron chi connectivity index (χ1n) is 10.0. The van der Waals surface area contributed by atoms with Gasteiger partial charge in [0.05, 0.1) is 18.5 Å². The minimum atomic E-state index is -1.27. The van der Waals surface area contributed by atoms with Gasteiger partial charge < -0.3 is 15.4 Å². The lowest BCUT2D eigenvalue weighted by Crippen LogP contribution is -2.42. The van der Waals surface area contributed by atoms with E-state index in [-0.39, 0.29) is 0 Å². The van der Waals surface area contributed by atoms with Crippen molar-refractivity contribution in [3.8, 4) is 11.4 Å². The van der Waals surface area contributed by atoms with E-state index >= 15 is 0 Å². The predicted molar refractivity (Wildman–Crippen MR) is 118 cm³/mol. The molecule has 1 fully saturated rings. The van der Waals surface area contributed by atoms with E-state index in [9.17, 15) is 14.4 Å². The number of methoxy groups -OCH3 is 1. The van der Waals surface area contributed by atoms with Gasteiger partial charge in [-0.15, -0.1) is 0 Å². The van der Waals surface area contributed by atoms with Crippen LogP contribution < -0.4 is 15.4 Å². The highest BCUT2D eigenvalue weighted by Crippen LogP contribution is 2.30. The maximum atomic E-state index is 13.1. The van der Waals surface area contributed by atoms with E-state index in [1.165, 1.54) is 0 Å². The lowest BCUT2D eigenvalue weighted by Gasteiger charge is -2.22. The molecule has 3 aromatic rings. The molecule has 1 aliphatic heterocycles. The van der Waals surface area contributed by atoms with Crippen LogP contribution in [0.3, 0.4) is 0 Å². The topological polar surface area (TPSA) is 106 Å². The summed E-state index contributed by atoms with van der Waals surface area (Å²) in [5.41, 5.74) is 0.813. The Labute approximate surface area is 185 Å².